The Morgan fingerprint density at radius 2 is 1.50 bits per heavy atom. The second-order valence-corrected chi connectivity index (χ2v) is 4.78. The van der Waals surface area contributed by atoms with Crippen LogP contribution in [0.25, 0.3) is 0 Å². The van der Waals surface area contributed by atoms with Gasteiger partial charge in [0.05, 0.1) is 0 Å². The molecule has 0 N–H and O–H groups in total. The molecular formula is C12H20. The van der Waals surface area contributed by atoms with E-state index in [0.717, 1.165) is 23.7 Å². The van der Waals surface area contributed by atoms with Crippen LogP contribution in [0.5, 0.6) is 0 Å². The highest BCUT2D eigenvalue weighted by Gasteiger charge is 2.49. The Kier molecular flexibility index (Phi) is 2.25. The van der Waals surface area contributed by atoms with Crippen molar-refractivity contribution in [1.29, 1.82) is 0 Å². The van der Waals surface area contributed by atoms with Crippen molar-refractivity contribution in [3.63, 3.8) is 0 Å². The largest absolute Gasteiger partial charge is 0.0885 e. The Balaban J connectivity index is 1.93. The Morgan fingerprint density at radius 3 is 1.92 bits per heavy atom. The van der Waals surface area contributed by atoms with Gasteiger partial charge in [-0.2, -0.15) is 0 Å². The van der Waals surface area contributed by atoms with E-state index < -0.39 is 0 Å². The fraction of sp³-hybridized carbons (Fsp3) is 0.833. The third-order valence-electron chi connectivity index (χ3n) is 3.67. The normalized spacial score (nSPS) is 43.1. The number of allylic oxidation sites excluding steroid dienone is 2. The molecule has 0 spiro atoms. The maximum atomic E-state index is 2.39. The zero-order chi connectivity index (χ0) is 8.55. The lowest BCUT2D eigenvalue weighted by atomic mass is 10.0. The van der Waals surface area contributed by atoms with E-state index in [2.05, 4.69) is 26.0 Å². The van der Waals surface area contributed by atoms with Crippen molar-refractivity contribution in [1.82, 2.24) is 0 Å². The first-order valence-electron chi connectivity index (χ1n) is 5.45. The summed E-state index contributed by atoms with van der Waals surface area (Å²) in [5, 5.41) is 0. The highest BCUT2D eigenvalue weighted by molar-refractivity contribution is 5.02. The van der Waals surface area contributed by atoms with Crippen LogP contribution < -0.4 is 0 Å². The average molecular weight is 164 g/mol. The minimum Gasteiger partial charge on any atom is -0.0885 e. The van der Waals surface area contributed by atoms with Crippen LogP contribution in [-0.4, -0.2) is 0 Å². The molecule has 2 aliphatic carbocycles. The summed E-state index contributed by atoms with van der Waals surface area (Å²) in [4.78, 5) is 0. The molecule has 1 saturated carbocycles. The van der Waals surface area contributed by atoms with Crippen LogP contribution in [0.2, 0.25) is 0 Å². The van der Waals surface area contributed by atoms with E-state index in [1.165, 1.54) is 25.7 Å². The molecule has 2 atom stereocenters. The summed E-state index contributed by atoms with van der Waals surface area (Å²) in [5.74, 6) is 4.19. The first-order chi connectivity index (χ1) is 5.80. The molecule has 68 valence electrons. The molecule has 0 aliphatic heterocycles. The number of fused-ring (bicyclic) bond motifs is 1. The third kappa shape index (κ3) is 1.44. The molecule has 0 heteroatoms. The summed E-state index contributed by atoms with van der Waals surface area (Å²) in [6.07, 6.45) is 10.4. The molecule has 0 radical (unpaired) electrons. The second-order valence-electron chi connectivity index (χ2n) is 4.78. The molecule has 0 unspecified atom stereocenters. The third-order valence-corrected chi connectivity index (χ3v) is 3.67. The van der Waals surface area contributed by atoms with Crippen LogP contribution in [0.3, 0.4) is 0 Å². The Bertz CT molecular complexity index is 162. The minimum atomic E-state index is 0.929. The van der Waals surface area contributed by atoms with Gasteiger partial charge in [-0.25, -0.2) is 0 Å². The zero-order valence-electron chi connectivity index (χ0n) is 8.29. The van der Waals surface area contributed by atoms with Crippen molar-refractivity contribution in [3.8, 4) is 0 Å². The standard InChI is InChI=1S/C12H20/c1-9(2)12-10-7-5-3-4-6-8-11(10)12/h3-4,9-12H,5-8H2,1-2H3/b4-3-/t10-,11-/m1/s1. The smallest absolute Gasteiger partial charge is 0.0329 e. The lowest BCUT2D eigenvalue weighted by Crippen LogP contribution is -1.93. The van der Waals surface area contributed by atoms with Crippen LogP contribution in [0.1, 0.15) is 39.5 Å². The molecular weight excluding hydrogens is 144 g/mol. The van der Waals surface area contributed by atoms with Gasteiger partial charge in [-0.1, -0.05) is 26.0 Å². The molecule has 0 bridgehead atoms. The van der Waals surface area contributed by atoms with E-state index in [1.807, 2.05) is 0 Å². The lowest BCUT2D eigenvalue weighted by Gasteiger charge is -2.00. The van der Waals surface area contributed by atoms with Gasteiger partial charge >= 0.3 is 0 Å². The van der Waals surface area contributed by atoms with Crippen LogP contribution in [0.4, 0.5) is 0 Å². The van der Waals surface area contributed by atoms with Gasteiger partial charge < -0.3 is 0 Å². The average Bonchev–Trinajstić information content (AvgIpc) is 2.60. The monoisotopic (exact) mass is 164 g/mol. The van der Waals surface area contributed by atoms with Gasteiger partial charge in [0.2, 0.25) is 0 Å². The number of hydrogen-bond acceptors (Lipinski definition) is 0. The van der Waals surface area contributed by atoms with Gasteiger partial charge in [0.15, 0.2) is 0 Å². The van der Waals surface area contributed by atoms with Crippen LogP contribution in [0, 0.1) is 23.7 Å². The molecule has 2 aliphatic rings. The van der Waals surface area contributed by atoms with E-state index in [-0.39, 0.29) is 0 Å². The second kappa shape index (κ2) is 3.24. The fourth-order valence-corrected chi connectivity index (χ4v) is 3.09. The Morgan fingerprint density at radius 1 is 1.00 bits per heavy atom. The highest BCUT2D eigenvalue weighted by Crippen LogP contribution is 2.56. The SMILES string of the molecule is CC(C)C1[C@@H]2CC/C=C\CC[C@@H]12. The topological polar surface area (TPSA) is 0 Å². The molecule has 1 fully saturated rings. The fourth-order valence-electron chi connectivity index (χ4n) is 3.09. The first-order valence-corrected chi connectivity index (χ1v) is 5.45. The summed E-state index contributed by atoms with van der Waals surface area (Å²) in [6, 6.07) is 0. The maximum Gasteiger partial charge on any atom is -0.0329 e. The van der Waals surface area contributed by atoms with Crippen molar-refractivity contribution in [3.05, 3.63) is 12.2 Å². The van der Waals surface area contributed by atoms with Crippen LogP contribution in [-0.2, 0) is 0 Å². The zero-order valence-corrected chi connectivity index (χ0v) is 8.29. The first kappa shape index (κ1) is 8.34. The predicted octanol–water partition coefficient (Wildman–Crippen LogP) is 3.63. The summed E-state index contributed by atoms with van der Waals surface area (Å²) in [6.45, 7) is 4.78. The molecule has 0 aromatic rings. The lowest BCUT2D eigenvalue weighted by molar-refractivity contribution is 0.491. The minimum absolute atomic E-state index is 0.929. The Hall–Kier alpha value is -0.260. The molecule has 0 aromatic carbocycles. The van der Waals surface area contributed by atoms with E-state index in [9.17, 15) is 0 Å². The van der Waals surface area contributed by atoms with Gasteiger partial charge in [0.25, 0.3) is 0 Å². The summed E-state index contributed by atoms with van der Waals surface area (Å²) in [7, 11) is 0. The van der Waals surface area contributed by atoms with Gasteiger partial charge in [-0.05, 0) is 49.4 Å². The summed E-state index contributed by atoms with van der Waals surface area (Å²) >= 11 is 0. The molecule has 0 heterocycles. The van der Waals surface area contributed by atoms with E-state index in [1.54, 1.807) is 0 Å². The van der Waals surface area contributed by atoms with Gasteiger partial charge in [0.1, 0.15) is 0 Å². The van der Waals surface area contributed by atoms with E-state index in [4.69, 9.17) is 0 Å². The van der Waals surface area contributed by atoms with Crippen molar-refractivity contribution < 1.29 is 0 Å². The summed E-state index contributed by atoms with van der Waals surface area (Å²) in [5.41, 5.74) is 0. The van der Waals surface area contributed by atoms with Crippen LogP contribution >= 0.6 is 0 Å². The van der Waals surface area contributed by atoms with Crippen molar-refractivity contribution in [2.45, 2.75) is 39.5 Å². The van der Waals surface area contributed by atoms with Crippen molar-refractivity contribution in [2.24, 2.45) is 23.7 Å². The molecule has 0 saturated heterocycles. The molecule has 2 rings (SSSR count). The maximum absolute atomic E-state index is 2.39. The van der Waals surface area contributed by atoms with Gasteiger partial charge in [-0.15, -0.1) is 0 Å². The number of rotatable bonds is 1. The van der Waals surface area contributed by atoms with Crippen molar-refractivity contribution in [2.75, 3.05) is 0 Å². The molecule has 0 nitrogen and oxygen atoms in total. The number of hydrogen-bond donors (Lipinski definition) is 0. The van der Waals surface area contributed by atoms with E-state index >= 15 is 0 Å². The Labute approximate surface area is 76.1 Å². The molecule has 0 aromatic heterocycles. The van der Waals surface area contributed by atoms with Gasteiger partial charge in [-0.3, -0.25) is 0 Å². The molecule has 0 amide bonds. The highest BCUT2D eigenvalue weighted by atomic mass is 14.5. The van der Waals surface area contributed by atoms with Crippen LogP contribution in [0.15, 0.2) is 12.2 Å². The van der Waals surface area contributed by atoms with Crippen molar-refractivity contribution >= 4 is 0 Å². The predicted molar refractivity (Wildman–Crippen MR) is 52.9 cm³/mol. The van der Waals surface area contributed by atoms with E-state index in [0.29, 0.717) is 0 Å². The molecule has 12 heavy (non-hydrogen) atoms. The quantitative estimate of drug-likeness (QED) is 0.519. The van der Waals surface area contributed by atoms with Gasteiger partial charge in [0, 0.05) is 0 Å². The summed E-state index contributed by atoms with van der Waals surface area (Å²) < 4.78 is 0.